The topological polar surface area (TPSA) is 63.9 Å². The summed E-state index contributed by atoms with van der Waals surface area (Å²) in [5, 5.41) is 6.21. The van der Waals surface area contributed by atoms with Gasteiger partial charge in [-0.05, 0) is 17.7 Å². The molecule has 2 rings (SSSR count). The minimum atomic E-state index is -0.937. The number of nitrogen functional groups attached to an aromatic ring is 1. The van der Waals surface area contributed by atoms with Gasteiger partial charge in [0.25, 0.3) is 0 Å². The van der Waals surface area contributed by atoms with Gasteiger partial charge >= 0.3 is 0 Å². The van der Waals surface area contributed by atoms with Crippen LogP contribution in [0.2, 0.25) is 0 Å². The van der Waals surface area contributed by atoms with Gasteiger partial charge in [0, 0.05) is 18.7 Å². The molecule has 1 aromatic carbocycles. The number of aromatic amines is 1. The molecule has 2 aromatic rings. The molecule has 0 aliphatic rings. The van der Waals surface area contributed by atoms with Gasteiger partial charge in [-0.15, -0.1) is 0 Å². The number of hydrogen-bond acceptors (Lipinski definition) is 3. The first kappa shape index (κ1) is 11.5. The van der Waals surface area contributed by atoms with Crippen molar-refractivity contribution in [2.45, 2.75) is 6.61 Å². The van der Waals surface area contributed by atoms with Crippen molar-refractivity contribution < 1.29 is 13.5 Å². The molecule has 0 aliphatic heterocycles. The molecule has 0 spiro atoms. The van der Waals surface area contributed by atoms with Gasteiger partial charge in [-0.2, -0.15) is 5.10 Å². The second-order valence-corrected chi connectivity index (χ2v) is 3.58. The van der Waals surface area contributed by atoms with Crippen molar-refractivity contribution in [2.75, 3.05) is 12.8 Å². The van der Waals surface area contributed by atoms with Crippen LogP contribution in [-0.2, 0) is 11.3 Å². The molecule has 0 saturated heterocycles. The Balaban J connectivity index is 2.52. The molecule has 0 unspecified atom stereocenters. The largest absolute Gasteiger partial charge is 0.382 e. The molecule has 0 saturated carbocycles. The molecular weight excluding hydrogens is 228 g/mol. The Kier molecular flexibility index (Phi) is 3.06. The number of nitrogens with one attached hydrogen (secondary N) is 1. The number of benzene rings is 1. The van der Waals surface area contributed by atoms with Crippen molar-refractivity contribution in [3.05, 3.63) is 35.4 Å². The van der Waals surface area contributed by atoms with Gasteiger partial charge in [0.05, 0.1) is 12.3 Å². The molecule has 0 bridgehead atoms. The number of hydrogen-bond donors (Lipinski definition) is 2. The maximum absolute atomic E-state index is 13.6. The van der Waals surface area contributed by atoms with Gasteiger partial charge in [-0.25, -0.2) is 8.78 Å². The molecule has 90 valence electrons. The van der Waals surface area contributed by atoms with E-state index in [2.05, 4.69) is 10.2 Å². The standard InChI is InChI=1S/C11H11F2N3O/c1-17-5-6-2-7(11(13)8(12)3-6)9-4-10(14)16-15-9/h2-4H,5H2,1H3,(H3,14,15,16). The monoisotopic (exact) mass is 239 g/mol. The fourth-order valence-corrected chi connectivity index (χ4v) is 1.57. The summed E-state index contributed by atoms with van der Waals surface area (Å²) in [5.41, 5.74) is 6.37. The Morgan fingerprint density at radius 2 is 2.12 bits per heavy atom. The lowest BCUT2D eigenvalue weighted by Crippen LogP contribution is -1.96. The molecule has 0 aliphatic carbocycles. The summed E-state index contributed by atoms with van der Waals surface area (Å²) in [4.78, 5) is 0. The molecule has 0 radical (unpaired) electrons. The molecule has 3 N–H and O–H groups in total. The summed E-state index contributed by atoms with van der Waals surface area (Å²) in [6.07, 6.45) is 0. The third-order valence-corrected chi connectivity index (χ3v) is 2.29. The van der Waals surface area contributed by atoms with Crippen LogP contribution in [0.3, 0.4) is 0 Å². The maximum Gasteiger partial charge on any atom is 0.168 e. The van der Waals surface area contributed by atoms with Crippen molar-refractivity contribution in [3.63, 3.8) is 0 Å². The number of nitrogens with zero attached hydrogens (tertiary/aromatic N) is 1. The van der Waals surface area contributed by atoms with Crippen LogP contribution in [-0.4, -0.2) is 17.3 Å². The second-order valence-electron chi connectivity index (χ2n) is 3.58. The van der Waals surface area contributed by atoms with E-state index in [1.165, 1.54) is 19.2 Å². The SMILES string of the molecule is COCc1cc(F)c(F)c(-c2cc(N)n[nH]2)c1. The maximum atomic E-state index is 13.6. The lowest BCUT2D eigenvalue weighted by molar-refractivity contribution is 0.184. The first-order valence-electron chi connectivity index (χ1n) is 4.90. The number of anilines is 1. The normalized spacial score (nSPS) is 10.8. The number of rotatable bonds is 3. The van der Waals surface area contributed by atoms with E-state index < -0.39 is 11.6 Å². The first-order chi connectivity index (χ1) is 8.11. The van der Waals surface area contributed by atoms with Crippen LogP contribution < -0.4 is 5.73 Å². The third kappa shape index (κ3) is 2.26. The Morgan fingerprint density at radius 3 is 2.71 bits per heavy atom. The zero-order valence-corrected chi connectivity index (χ0v) is 9.13. The van der Waals surface area contributed by atoms with Crippen molar-refractivity contribution in [3.8, 4) is 11.3 Å². The van der Waals surface area contributed by atoms with E-state index in [0.29, 0.717) is 11.3 Å². The Morgan fingerprint density at radius 1 is 1.35 bits per heavy atom. The predicted octanol–water partition coefficient (Wildman–Crippen LogP) is 2.08. The van der Waals surface area contributed by atoms with Crippen molar-refractivity contribution in [1.29, 1.82) is 0 Å². The van der Waals surface area contributed by atoms with Crippen LogP contribution in [0.4, 0.5) is 14.6 Å². The van der Waals surface area contributed by atoms with E-state index in [9.17, 15) is 8.78 Å². The lowest BCUT2D eigenvalue weighted by atomic mass is 10.1. The van der Waals surface area contributed by atoms with Crippen LogP contribution >= 0.6 is 0 Å². The predicted molar refractivity (Wildman–Crippen MR) is 59.1 cm³/mol. The van der Waals surface area contributed by atoms with Gasteiger partial charge in [-0.1, -0.05) is 0 Å². The Labute approximate surface area is 96.4 Å². The average Bonchev–Trinajstić information content (AvgIpc) is 2.70. The van der Waals surface area contributed by atoms with Crippen molar-refractivity contribution in [1.82, 2.24) is 10.2 Å². The highest BCUT2D eigenvalue weighted by Crippen LogP contribution is 2.25. The van der Waals surface area contributed by atoms with Crippen LogP contribution in [0.1, 0.15) is 5.56 Å². The number of ether oxygens (including phenoxy) is 1. The quantitative estimate of drug-likeness (QED) is 0.861. The van der Waals surface area contributed by atoms with E-state index in [1.807, 2.05) is 0 Å². The minimum absolute atomic E-state index is 0.0845. The van der Waals surface area contributed by atoms with Crippen LogP contribution in [0.25, 0.3) is 11.3 Å². The molecule has 0 fully saturated rings. The molecule has 0 amide bonds. The van der Waals surface area contributed by atoms with Crippen LogP contribution in [0, 0.1) is 11.6 Å². The van der Waals surface area contributed by atoms with E-state index in [0.717, 1.165) is 6.07 Å². The van der Waals surface area contributed by atoms with E-state index >= 15 is 0 Å². The minimum Gasteiger partial charge on any atom is -0.382 e. The first-order valence-corrected chi connectivity index (χ1v) is 4.90. The smallest absolute Gasteiger partial charge is 0.168 e. The summed E-state index contributed by atoms with van der Waals surface area (Å²) >= 11 is 0. The highest BCUT2D eigenvalue weighted by Gasteiger charge is 2.14. The summed E-state index contributed by atoms with van der Waals surface area (Å²) in [6.45, 7) is 0.202. The number of nitrogens with two attached hydrogens (primary N) is 1. The highest BCUT2D eigenvalue weighted by molar-refractivity contribution is 5.63. The molecule has 1 aromatic heterocycles. The second kappa shape index (κ2) is 4.50. The summed E-state index contributed by atoms with van der Waals surface area (Å²) < 4.78 is 31.9. The van der Waals surface area contributed by atoms with E-state index in [1.54, 1.807) is 0 Å². The molecule has 17 heavy (non-hydrogen) atoms. The fourth-order valence-electron chi connectivity index (χ4n) is 1.57. The van der Waals surface area contributed by atoms with E-state index in [4.69, 9.17) is 10.5 Å². The molecule has 0 atom stereocenters. The summed E-state index contributed by atoms with van der Waals surface area (Å²) in [5.74, 6) is -1.65. The van der Waals surface area contributed by atoms with Gasteiger partial charge in [0.2, 0.25) is 0 Å². The van der Waals surface area contributed by atoms with Crippen molar-refractivity contribution in [2.24, 2.45) is 0 Å². The van der Waals surface area contributed by atoms with Crippen LogP contribution in [0.15, 0.2) is 18.2 Å². The van der Waals surface area contributed by atoms with Gasteiger partial charge in [0.15, 0.2) is 11.6 Å². The Bertz CT molecular complexity index is 540. The number of aromatic nitrogens is 2. The number of H-pyrrole nitrogens is 1. The molecule has 4 nitrogen and oxygen atoms in total. The highest BCUT2D eigenvalue weighted by atomic mass is 19.2. The fraction of sp³-hybridized carbons (Fsp3) is 0.182. The van der Waals surface area contributed by atoms with Gasteiger partial charge < -0.3 is 10.5 Å². The Hall–Kier alpha value is -1.95. The van der Waals surface area contributed by atoms with Gasteiger partial charge in [0.1, 0.15) is 5.82 Å². The summed E-state index contributed by atoms with van der Waals surface area (Å²) in [7, 11) is 1.48. The number of methoxy groups -OCH3 is 1. The summed E-state index contributed by atoms with van der Waals surface area (Å²) in [6, 6.07) is 4.03. The number of halogens is 2. The zero-order chi connectivity index (χ0) is 12.4. The molecule has 6 heteroatoms. The molecular formula is C11H11F2N3O. The average molecular weight is 239 g/mol. The lowest BCUT2D eigenvalue weighted by Gasteiger charge is -2.05. The molecule has 1 heterocycles. The third-order valence-electron chi connectivity index (χ3n) is 2.29. The van der Waals surface area contributed by atoms with Gasteiger partial charge in [-0.3, -0.25) is 5.10 Å². The van der Waals surface area contributed by atoms with Crippen molar-refractivity contribution >= 4 is 5.82 Å². The van der Waals surface area contributed by atoms with Crippen LogP contribution in [0.5, 0.6) is 0 Å². The zero-order valence-electron chi connectivity index (χ0n) is 9.13. The van der Waals surface area contributed by atoms with E-state index in [-0.39, 0.29) is 18.0 Å².